The molecular weight excluding hydrogens is 277 g/mol. The molecule has 1 aromatic rings. The summed E-state index contributed by atoms with van der Waals surface area (Å²) in [6.45, 7) is 6.66. The van der Waals surface area contributed by atoms with Gasteiger partial charge in [-0.05, 0) is 45.1 Å². The lowest BCUT2D eigenvalue weighted by molar-refractivity contribution is 0.215. The Morgan fingerprint density at radius 1 is 1.30 bits per heavy atom. The summed E-state index contributed by atoms with van der Waals surface area (Å²) in [7, 11) is 0. The van der Waals surface area contributed by atoms with Gasteiger partial charge in [0.15, 0.2) is 5.11 Å². The van der Waals surface area contributed by atoms with Gasteiger partial charge >= 0.3 is 6.03 Å². The van der Waals surface area contributed by atoms with Crippen molar-refractivity contribution >= 4 is 29.0 Å². The van der Waals surface area contributed by atoms with Crippen molar-refractivity contribution in [2.24, 2.45) is 0 Å². The van der Waals surface area contributed by atoms with Crippen molar-refractivity contribution < 1.29 is 9.18 Å². The molecule has 1 aliphatic heterocycles. The number of anilines is 1. The first-order chi connectivity index (χ1) is 9.29. The molecule has 1 heterocycles. The molecule has 0 bridgehead atoms. The summed E-state index contributed by atoms with van der Waals surface area (Å²) in [5, 5.41) is 3.19. The molecule has 4 nitrogen and oxygen atoms in total. The minimum atomic E-state index is -0.340. The van der Waals surface area contributed by atoms with Crippen LogP contribution >= 0.6 is 12.2 Å². The number of halogens is 1. The number of urea groups is 1. The fraction of sp³-hybridized carbons (Fsp3) is 0.429. The van der Waals surface area contributed by atoms with Gasteiger partial charge < -0.3 is 10.2 Å². The van der Waals surface area contributed by atoms with Crippen LogP contribution in [0, 0.1) is 5.82 Å². The molecule has 6 heteroatoms. The van der Waals surface area contributed by atoms with E-state index in [1.165, 1.54) is 11.0 Å². The van der Waals surface area contributed by atoms with E-state index in [2.05, 4.69) is 5.32 Å². The summed E-state index contributed by atoms with van der Waals surface area (Å²) in [4.78, 5) is 15.3. The van der Waals surface area contributed by atoms with Crippen molar-refractivity contribution in [3.05, 3.63) is 30.1 Å². The quantitative estimate of drug-likeness (QED) is 0.809. The highest BCUT2D eigenvalue weighted by Crippen LogP contribution is 2.23. The van der Waals surface area contributed by atoms with Crippen molar-refractivity contribution in [3.63, 3.8) is 0 Å². The normalized spacial score (nSPS) is 15.7. The van der Waals surface area contributed by atoms with Crippen molar-refractivity contribution in [2.75, 3.05) is 18.0 Å². The van der Waals surface area contributed by atoms with E-state index in [1.807, 2.05) is 20.8 Å². The van der Waals surface area contributed by atoms with Gasteiger partial charge in [0.25, 0.3) is 0 Å². The van der Waals surface area contributed by atoms with Crippen molar-refractivity contribution in [1.29, 1.82) is 0 Å². The topological polar surface area (TPSA) is 35.6 Å². The molecule has 0 saturated carbocycles. The molecule has 0 spiro atoms. The molecule has 0 unspecified atom stereocenters. The Labute approximate surface area is 123 Å². The SMILES string of the molecule is CC(C)(C)NC(=O)N1CCN(c2ccccc2F)C1=S. The molecule has 0 radical (unpaired) electrons. The highest BCUT2D eigenvalue weighted by Gasteiger charge is 2.33. The molecule has 0 aliphatic carbocycles. The van der Waals surface area contributed by atoms with E-state index < -0.39 is 0 Å². The number of hydrogen-bond donors (Lipinski definition) is 1. The molecular formula is C14H18FN3OS. The fourth-order valence-electron chi connectivity index (χ4n) is 2.01. The van der Waals surface area contributed by atoms with E-state index in [1.54, 1.807) is 23.1 Å². The number of amides is 2. The summed E-state index contributed by atoms with van der Waals surface area (Å²) >= 11 is 5.29. The Morgan fingerprint density at radius 2 is 1.95 bits per heavy atom. The molecule has 0 atom stereocenters. The number of benzene rings is 1. The van der Waals surface area contributed by atoms with Crippen LogP contribution in [0.25, 0.3) is 0 Å². The van der Waals surface area contributed by atoms with Gasteiger partial charge in [-0.25, -0.2) is 9.18 Å². The number of carbonyl (C=O) groups excluding carboxylic acids is 1. The summed E-state index contributed by atoms with van der Waals surface area (Å²) in [5.74, 6) is -0.340. The smallest absolute Gasteiger partial charge is 0.324 e. The van der Waals surface area contributed by atoms with Crippen LogP contribution in [0.1, 0.15) is 20.8 Å². The summed E-state index contributed by atoms with van der Waals surface area (Å²) in [6.07, 6.45) is 0. The second-order valence-corrected chi connectivity index (χ2v) is 6.08. The highest BCUT2D eigenvalue weighted by molar-refractivity contribution is 7.80. The van der Waals surface area contributed by atoms with Gasteiger partial charge in [0.05, 0.1) is 5.69 Å². The molecule has 1 N–H and O–H groups in total. The van der Waals surface area contributed by atoms with Gasteiger partial charge in [0.2, 0.25) is 0 Å². The minimum Gasteiger partial charge on any atom is -0.333 e. The van der Waals surface area contributed by atoms with E-state index in [4.69, 9.17) is 12.2 Å². The highest BCUT2D eigenvalue weighted by atomic mass is 32.1. The number of rotatable bonds is 1. The standard InChI is InChI=1S/C14H18FN3OS/c1-14(2,3)16-12(19)18-9-8-17(13(18)20)11-7-5-4-6-10(11)15/h4-7H,8-9H2,1-3H3,(H,16,19). The second kappa shape index (κ2) is 5.36. The van der Waals surface area contributed by atoms with Gasteiger partial charge in [0.1, 0.15) is 5.82 Å². The molecule has 1 fully saturated rings. The third kappa shape index (κ3) is 3.07. The van der Waals surface area contributed by atoms with Crippen LogP contribution in [0.3, 0.4) is 0 Å². The molecule has 108 valence electrons. The van der Waals surface area contributed by atoms with Gasteiger partial charge in [-0.2, -0.15) is 0 Å². The zero-order valence-electron chi connectivity index (χ0n) is 11.8. The Kier molecular flexibility index (Phi) is 3.94. The van der Waals surface area contributed by atoms with Crippen LogP contribution in [-0.4, -0.2) is 34.7 Å². The second-order valence-electron chi connectivity index (χ2n) is 5.72. The van der Waals surface area contributed by atoms with Crippen LogP contribution in [0.4, 0.5) is 14.9 Å². The average Bonchev–Trinajstić information content (AvgIpc) is 2.69. The van der Waals surface area contributed by atoms with Gasteiger partial charge in [-0.3, -0.25) is 4.90 Å². The Morgan fingerprint density at radius 3 is 2.55 bits per heavy atom. The van der Waals surface area contributed by atoms with Crippen molar-refractivity contribution in [3.8, 4) is 0 Å². The summed E-state index contributed by atoms with van der Waals surface area (Å²) in [5.41, 5.74) is 0.0709. The van der Waals surface area contributed by atoms with Gasteiger partial charge in [-0.1, -0.05) is 12.1 Å². The molecule has 0 aromatic heterocycles. The minimum absolute atomic E-state index is 0.249. The lowest BCUT2D eigenvalue weighted by Gasteiger charge is -2.26. The van der Waals surface area contributed by atoms with Crippen molar-refractivity contribution in [2.45, 2.75) is 26.3 Å². The summed E-state index contributed by atoms with van der Waals surface area (Å²) in [6, 6.07) is 6.17. The maximum Gasteiger partial charge on any atom is 0.324 e. The van der Waals surface area contributed by atoms with E-state index in [0.29, 0.717) is 23.9 Å². The van der Waals surface area contributed by atoms with Crippen LogP contribution in [0.2, 0.25) is 0 Å². The first kappa shape index (κ1) is 14.7. The maximum atomic E-state index is 13.8. The molecule has 1 aliphatic rings. The third-order valence-corrected chi connectivity index (χ3v) is 3.32. The Bertz CT molecular complexity index is 541. The van der Waals surface area contributed by atoms with Crippen LogP contribution < -0.4 is 10.2 Å². The molecule has 20 heavy (non-hydrogen) atoms. The number of hydrogen-bond acceptors (Lipinski definition) is 2. The largest absolute Gasteiger partial charge is 0.333 e. The molecule has 2 amide bonds. The fourth-order valence-corrected chi connectivity index (χ4v) is 2.37. The Hall–Kier alpha value is -1.69. The molecule has 1 saturated heterocycles. The third-order valence-electron chi connectivity index (χ3n) is 2.88. The van der Waals surface area contributed by atoms with Crippen LogP contribution in [-0.2, 0) is 0 Å². The summed E-state index contributed by atoms with van der Waals surface area (Å²) < 4.78 is 13.8. The number of thiocarbonyl (C=S) groups is 1. The lowest BCUT2D eigenvalue weighted by atomic mass is 10.1. The number of para-hydroxylation sites is 1. The van der Waals surface area contributed by atoms with Crippen LogP contribution in [0.15, 0.2) is 24.3 Å². The predicted octanol–water partition coefficient (Wildman–Crippen LogP) is 2.74. The van der Waals surface area contributed by atoms with E-state index in [-0.39, 0.29) is 17.4 Å². The number of carbonyl (C=O) groups is 1. The number of nitrogens with one attached hydrogen (secondary N) is 1. The number of nitrogens with zero attached hydrogens (tertiary/aromatic N) is 2. The molecule has 1 aromatic carbocycles. The predicted molar refractivity (Wildman–Crippen MR) is 81.3 cm³/mol. The van der Waals surface area contributed by atoms with Crippen LogP contribution in [0.5, 0.6) is 0 Å². The van der Waals surface area contributed by atoms with E-state index in [9.17, 15) is 9.18 Å². The Balaban J connectivity index is 2.14. The monoisotopic (exact) mass is 295 g/mol. The van der Waals surface area contributed by atoms with Gasteiger partial charge in [-0.15, -0.1) is 0 Å². The van der Waals surface area contributed by atoms with E-state index >= 15 is 0 Å². The molecule has 2 rings (SSSR count). The zero-order chi connectivity index (χ0) is 14.9. The lowest BCUT2D eigenvalue weighted by Crippen LogP contribution is -2.49. The van der Waals surface area contributed by atoms with E-state index in [0.717, 1.165) is 0 Å². The van der Waals surface area contributed by atoms with Gasteiger partial charge in [0, 0.05) is 18.6 Å². The first-order valence-corrected chi connectivity index (χ1v) is 6.86. The maximum absolute atomic E-state index is 13.8. The average molecular weight is 295 g/mol. The first-order valence-electron chi connectivity index (χ1n) is 6.45. The van der Waals surface area contributed by atoms with Crippen molar-refractivity contribution in [1.82, 2.24) is 10.2 Å². The zero-order valence-corrected chi connectivity index (χ0v) is 12.6.